The van der Waals surface area contributed by atoms with E-state index >= 15 is 0 Å². The summed E-state index contributed by atoms with van der Waals surface area (Å²) < 4.78 is 10.3. The van der Waals surface area contributed by atoms with Crippen molar-refractivity contribution >= 4 is 5.91 Å². The van der Waals surface area contributed by atoms with Crippen LogP contribution in [0.1, 0.15) is 5.56 Å². The van der Waals surface area contributed by atoms with E-state index in [2.05, 4.69) is 5.32 Å². The van der Waals surface area contributed by atoms with Gasteiger partial charge in [0.05, 0.1) is 32.5 Å². The number of amides is 1. The zero-order valence-electron chi connectivity index (χ0n) is 11.9. The minimum Gasteiger partial charge on any atom is -0.382 e. The molecule has 2 rings (SSSR count). The summed E-state index contributed by atoms with van der Waals surface area (Å²) in [5.41, 5.74) is 1.18. The van der Waals surface area contributed by atoms with Crippen LogP contribution < -0.4 is 5.32 Å². The van der Waals surface area contributed by atoms with Crippen LogP contribution in [0.15, 0.2) is 30.3 Å². The van der Waals surface area contributed by atoms with E-state index in [1.165, 1.54) is 5.56 Å². The second-order valence-electron chi connectivity index (χ2n) is 4.81. The number of hydrogen-bond acceptors (Lipinski definition) is 4. The van der Waals surface area contributed by atoms with Gasteiger partial charge in [0, 0.05) is 13.7 Å². The van der Waals surface area contributed by atoms with Gasteiger partial charge in [-0.2, -0.15) is 0 Å². The maximum atomic E-state index is 12.2. The van der Waals surface area contributed by atoms with Gasteiger partial charge in [-0.25, -0.2) is 0 Å². The molecule has 0 aromatic heterocycles. The molecule has 1 aliphatic heterocycles. The molecule has 0 aliphatic carbocycles. The van der Waals surface area contributed by atoms with Crippen LogP contribution in [0, 0.1) is 0 Å². The van der Waals surface area contributed by atoms with E-state index in [4.69, 9.17) is 9.47 Å². The average molecular weight is 278 g/mol. The lowest BCUT2D eigenvalue weighted by molar-refractivity contribution is -0.129. The third-order valence-electron chi connectivity index (χ3n) is 3.36. The summed E-state index contributed by atoms with van der Waals surface area (Å²) in [6, 6.07) is 9.96. The van der Waals surface area contributed by atoms with Gasteiger partial charge in [0.15, 0.2) is 0 Å². The van der Waals surface area contributed by atoms with Crippen LogP contribution >= 0.6 is 0 Å². The highest BCUT2D eigenvalue weighted by Crippen LogP contribution is 2.10. The molecule has 1 N–H and O–H groups in total. The molecule has 1 aromatic rings. The zero-order chi connectivity index (χ0) is 14.2. The number of hydrogen-bond donors (Lipinski definition) is 1. The largest absolute Gasteiger partial charge is 0.382 e. The predicted molar refractivity (Wildman–Crippen MR) is 76.3 cm³/mol. The van der Waals surface area contributed by atoms with E-state index in [1.54, 1.807) is 12.0 Å². The van der Waals surface area contributed by atoms with E-state index in [9.17, 15) is 4.79 Å². The van der Waals surface area contributed by atoms with Crippen molar-refractivity contribution in [3.05, 3.63) is 35.9 Å². The Hall–Kier alpha value is -1.43. The highest BCUT2D eigenvalue weighted by Gasteiger charge is 2.30. The van der Waals surface area contributed by atoms with Gasteiger partial charge in [-0.15, -0.1) is 0 Å². The second-order valence-corrected chi connectivity index (χ2v) is 4.81. The van der Waals surface area contributed by atoms with E-state index in [1.807, 2.05) is 30.3 Å². The fraction of sp³-hybridized carbons (Fsp3) is 0.533. The second kappa shape index (κ2) is 7.99. The van der Waals surface area contributed by atoms with Crippen LogP contribution in [0.4, 0.5) is 0 Å². The molecular weight excluding hydrogens is 256 g/mol. The first-order valence-corrected chi connectivity index (χ1v) is 6.94. The van der Waals surface area contributed by atoms with Crippen molar-refractivity contribution in [3.8, 4) is 0 Å². The highest BCUT2D eigenvalue weighted by atomic mass is 16.5. The summed E-state index contributed by atoms with van der Waals surface area (Å²) in [6.45, 7) is 2.93. The fourth-order valence-electron chi connectivity index (χ4n) is 2.22. The maximum absolute atomic E-state index is 12.2. The smallest absolute Gasteiger partial charge is 0.241 e. The van der Waals surface area contributed by atoms with Crippen molar-refractivity contribution in [2.24, 2.45) is 0 Å². The van der Waals surface area contributed by atoms with Gasteiger partial charge in [0.2, 0.25) is 5.91 Å². The Kier molecular flexibility index (Phi) is 5.98. The molecule has 0 bridgehead atoms. The molecule has 110 valence electrons. The molecular formula is C15H22N2O3. The van der Waals surface area contributed by atoms with E-state index in [0.717, 1.165) is 6.42 Å². The van der Waals surface area contributed by atoms with Crippen LogP contribution in [0.5, 0.6) is 0 Å². The predicted octanol–water partition coefficient (Wildman–Crippen LogP) is 0.650. The van der Waals surface area contributed by atoms with Crippen molar-refractivity contribution in [1.82, 2.24) is 10.2 Å². The van der Waals surface area contributed by atoms with E-state index in [-0.39, 0.29) is 11.9 Å². The Morgan fingerprint density at radius 2 is 2.05 bits per heavy atom. The molecule has 0 saturated carbocycles. The SMILES string of the molecule is COCCOCCN1CNC(Cc2ccccc2)C1=O. The monoisotopic (exact) mass is 278 g/mol. The lowest BCUT2D eigenvalue weighted by atomic mass is 10.1. The Balaban J connectivity index is 1.72. The lowest BCUT2D eigenvalue weighted by Gasteiger charge is -2.15. The number of rotatable bonds is 8. The third-order valence-corrected chi connectivity index (χ3v) is 3.36. The minimum atomic E-state index is -0.114. The molecule has 1 aliphatic rings. The molecule has 1 amide bonds. The lowest BCUT2D eigenvalue weighted by Crippen LogP contribution is -2.34. The first-order valence-electron chi connectivity index (χ1n) is 6.94. The van der Waals surface area contributed by atoms with Crippen molar-refractivity contribution in [2.45, 2.75) is 12.5 Å². The molecule has 1 unspecified atom stereocenters. The number of benzene rings is 1. The van der Waals surface area contributed by atoms with Crippen LogP contribution in [0.25, 0.3) is 0 Å². The summed E-state index contributed by atoms with van der Waals surface area (Å²) in [5, 5.41) is 3.25. The maximum Gasteiger partial charge on any atom is 0.241 e. The van der Waals surface area contributed by atoms with Gasteiger partial charge in [-0.3, -0.25) is 10.1 Å². The van der Waals surface area contributed by atoms with Crippen molar-refractivity contribution in [3.63, 3.8) is 0 Å². The molecule has 20 heavy (non-hydrogen) atoms. The van der Waals surface area contributed by atoms with E-state index < -0.39 is 0 Å². The Labute approximate surface area is 119 Å². The third kappa shape index (κ3) is 4.30. The quantitative estimate of drug-likeness (QED) is 0.709. The standard InChI is InChI=1S/C15H22N2O3/c1-19-9-10-20-8-7-17-12-16-14(15(17)18)11-13-5-3-2-4-6-13/h2-6,14,16H,7-12H2,1H3. The van der Waals surface area contributed by atoms with Crippen LogP contribution in [-0.4, -0.2) is 57.0 Å². The van der Waals surface area contributed by atoms with Crippen LogP contribution in [0.3, 0.4) is 0 Å². The zero-order valence-corrected chi connectivity index (χ0v) is 11.9. The Morgan fingerprint density at radius 1 is 1.25 bits per heavy atom. The summed E-state index contributed by atoms with van der Waals surface area (Å²) in [5.74, 6) is 0.157. The van der Waals surface area contributed by atoms with Gasteiger partial charge < -0.3 is 14.4 Å². The molecule has 1 fully saturated rings. The Morgan fingerprint density at radius 3 is 2.80 bits per heavy atom. The summed E-state index contributed by atoms with van der Waals surface area (Å²) in [7, 11) is 1.64. The topological polar surface area (TPSA) is 50.8 Å². The van der Waals surface area contributed by atoms with Crippen LogP contribution in [-0.2, 0) is 20.7 Å². The average Bonchev–Trinajstić information content (AvgIpc) is 2.81. The summed E-state index contributed by atoms with van der Waals surface area (Å²) in [6.07, 6.45) is 0.737. The van der Waals surface area contributed by atoms with Gasteiger partial charge in [0.1, 0.15) is 0 Å². The number of carbonyl (C=O) groups is 1. The number of nitrogens with zero attached hydrogens (tertiary/aromatic N) is 1. The van der Waals surface area contributed by atoms with E-state index in [0.29, 0.717) is 33.0 Å². The van der Waals surface area contributed by atoms with Gasteiger partial charge >= 0.3 is 0 Å². The highest BCUT2D eigenvalue weighted by molar-refractivity contribution is 5.84. The van der Waals surface area contributed by atoms with Gasteiger partial charge in [-0.1, -0.05) is 30.3 Å². The summed E-state index contributed by atoms with van der Waals surface area (Å²) >= 11 is 0. The van der Waals surface area contributed by atoms with Crippen molar-refractivity contribution < 1.29 is 14.3 Å². The van der Waals surface area contributed by atoms with Crippen molar-refractivity contribution in [1.29, 1.82) is 0 Å². The minimum absolute atomic E-state index is 0.114. The number of nitrogens with one attached hydrogen (secondary N) is 1. The fourth-order valence-corrected chi connectivity index (χ4v) is 2.22. The first kappa shape index (κ1) is 15.0. The number of ether oxygens (including phenoxy) is 2. The molecule has 1 atom stereocenters. The van der Waals surface area contributed by atoms with Crippen LogP contribution in [0.2, 0.25) is 0 Å². The van der Waals surface area contributed by atoms with Gasteiger partial charge in [-0.05, 0) is 12.0 Å². The number of methoxy groups -OCH3 is 1. The molecule has 5 heteroatoms. The van der Waals surface area contributed by atoms with Gasteiger partial charge in [0.25, 0.3) is 0 Å². The normalized spacial score (nSPS) is 18.8. The molecule has 0 spiro atoms. The van der Waals surface area contributed by atoms with Crippen molar-refractivity contribution in [2.75, 3.05) is 40.1 Å². The molecule has 1 saturated heterocycles. The first-order chi connectivity index (χ1) is 9.81. The molecule has 0 radical (unpaired) electrons. The molecule has 1 aromatic carbocycles. The molecule has 5 nitrogen and oxygen atoms in total. The molecule has 1 heterocycles. The summed E-state index contributed by atoms with van der Waals surface area (Å²) in [4.78, 5) is 14.0. The number of carbonyl (C=O) groups excluding carboxylic acids is 1. The Bertz CT molecular complexity index is 411.